The summed E-state index contributed by atoms with van der Waals surface area (Å²) in [5.74, 6) is 0. The summed E-state index contributed by atoms with van der Waals surface area (Å²) in [7, 11) is 0. The van der Waals surface area contributed by atoms with Crippen LogP contribution in [0, 0.1) is 0 Å². The van der Waals surface area contributed by atoms with Crippen LogP contribution in [0.15, 0.2) is 77.1 Å². The number of aromatic nitrogens is 2. The molecule has 1 aliphatic rings. The zero-order valence-corrected chi connectivity index (χ0v) is 13.0. The Morgan fingerprint density at radius 2 is 1.64 bits per heavy atom. The number of fused-ring (bicyclic) bond motifs is 1. The van der Waals surface area contributed by atoms with Gasteiger partial charge in [0.2, 0.25) is 0 Å². The Morgan fingerprint density at radius 3 is 2.36 bits per heavy atom. The molecule has 3 nitrogen and oxygen atoms in total. The molecule has 3 aromatic rings. The maximum absolute atomic E-state index is 4.75. The van der Waals surface area contributed by atoms with E-state index < -0.39 is 0 Å². The SMILES string of the molecule is CC1=Nn2cc(-c3ccccc3)nc2S[C@H]1c1ccccc1. The summed E-state index contributed by atoms with van der Waals surface area (Å²) in [6.45, 7) is 2.08. The van der Waals surface area contributed by atoms with Crippen LogP contribution in [0.25, 0.3) is 11.3 Å². The molecule has 108 valence electrons. The molecule has 2 heterocycles. The quantitative estimate of drug-likeness (QED) is 0.691. The van der Waals surface area contributed by atoms with Crippen molar-refractivity contribution in [2.45, 2.75) is 17.3 Å². The van der Waals surface area contributed by atoms with Crippen molar-refractivity contribution in [2.75, 3.05) is 0 Å². The van der Waals surface area contributed by atoms with E-state index in [-0.39, 0.29) is 5.25 Å². The smallest absolute Gasteiger partial charge is 0.190 e. The maximum Gasteiger partial charge on any atom is 0.190 e. The Bertz CT molecular complexity index is 822. The molecular weight excluding hydrogens is 290 g/mol. The topological polar surface area (TPSA) is 30.2 Å². The number of rotatable bonds is 2. The average molecular weight is 305 g/mol. The molecule has 0 saturated heterocycles. The van der Waals surface area contributed by atoms with E-state index in [1.165, 1.54) is 5.56 Å². The number of benzene rings is 2. The first-order valence-electron chi connectivity index (χ1n) is 7.23. The van der Waals surface area contributed by atoms with Crippen LogP contribution in [-0.4, -0.2) is 15.4 Å². The van der Waals surface area contributed by atoms with Crippen molar-refractivity contribution in [1.29, 1.82) is 0 Å². The van der Waals surface area contributed by atoms with Gasteiger partial charge >= 0.3 is 0 Å². The van der Waals surface area contributed by atoms with Gasteiger partial charge in [-0.05, 0) is 12.5 Å². The normalized spacial score (nSPS) is 17.0. The first kappa shape index (κ1) is 13.3. The predicted octanol–water partition coefficient (Wildman–Crippen LogP) is 4.62. The van der Waals surface area contributed by atoms with Gasteiger partial charge in [-0.2, -0.15) is 5.10 Å². The van der Waals surface area contributed by atoms with Crippen LogP contribution in [0.5, 0.6) is 0 Å². The predicted molar refractivity (Wildman–Crippen MR) is 91.2 cm³/mol. The second-order valence-corrected chi connectivity index (χ2v) is 6.34. The third-order valence-corrected chi connectivity index (χ3v) is 5.03. The molecule has 0 spiro atoms. The van der Waals surface area contributed by atoms with Crippen molar-refractivity contribution >= 4 is 17.5 Å². The molecule has 22 heavy (non-hydrogen) atoms. The Balaban J connectivity index is 1.71. The van der Waals surface area contributed by atoms with Gasteiger partial charge in [-0.15, -0.1) is 0 Å². The molecule has 0 bridgehead atoms. The first-order chi connectivity index (χ1) is 10.8. The van der Waals surface area contributed by atoms with Crippen molar-refractivity contribution < 1.29 is 0 Å². The Labute approximate surface area is 133 Å². The van der Waals surface area contributed by atoms with Gasteiger partial charge in [-0.25, -0.2) is 9.66 Å². The van der Waals surface area contributed by atoms with Crippen molar-refractivity contribution in [3.05, 3.63) is 72.4 Å². The van der Waals surface area contributed by atoms with Gasteiger partial charge in [0.05, 0.1) is 22.9 Å². The average Bonchev–Trinajstić information content (AvgIpc) is 2.98. The van der Waals surface area contributed by atoms with E-state index in [9.17, 15) is 0 Å². The molecule has 2 aromatic carbocycles. The van der Waals surface area contributed by atoms with E-state index >= 15 is 0 Å². The molecule has 1 aliphatic heterocycles. The largest absolute Gasteiger partial charge is 0.221 e. The van der Waals surface area contributed by atoms with Gasteiger partial charge in [-0.1, -0.05) is 72.4 Å². The van der Waals surface area contributed by atoms with Gasteiger partial charge in [0.1, 0.15) is 0 Å². The monoisotopic (exact) mass is 305 g/mol. The number of imidazole rings is 1. The molecule has 0 radical (unpaired) electrons. The molecule has 0 fully saturated rings. The van der Waals surface area contributed by atoms with Crippen molar-refractivity contribution in [3.63, 3.8) is 0 Å². The third-order valence-electron chi connectivity index (χ3n) is 3.70. The summed E-state index contributed by atoms with van der Waals surface area (Å²) in [6, 6.07) is 20.7. The molecular formula is C18H15N3S. The van der Waals surface area contributed by atoms with Gasteiger partial charge in [0.15, 0.2) is 5.16 Å². The second kappa shape index (κ2) is 5.46. The lowest BCUT2D eigenvalue weighted by molar-refractivity contribution is 0.747. The molecule has 4 rings (SSSR count). The van der Waals surface area contributed by atoms with E-state index in [2.05, 4.69) is 43.3 Å². The Hall–Kier alpha value is -2.33. The van der Waals surface area contributed by atoms with Crippen LogP contribution in [0.4, 0.5) is 0 Å². The number of hydrogen-bond donors (Lipinski definition) is 0. The van der Waals surface area contributed by atoms with Crippen molar-refractivity contribution in [3.8, 4) is 11.3 Å². The summed E-state index contributed by atoms with van der Waals surface area (Å²) >= 11 is 1.75. The summed E-state index contributed by atoms with van der Waals surface area (Å²) in [5.41, 5.74) is 4.45. The van der Waals surface area contributed by atoms with Gasteiger partial charge in [0, 0.05) is 5.56 Å². The number of hydrogen-bond acceptors (Lipinski definition) is 3. The molecule has 0 N–H and O–H groups in total. The molecule has 4 heteroatoms. The van der Waals surface area contributed by atoms with Crippen LogP contribution < -0.4 is 0 Å². The summed E-state index contributed by atoms with van der Waals surface area (Å²) in [5, 5.41) is 5.88. The fourth-order valence-corrected chi connectivity index (χ4v) is 3.68. The summed E-state index contributed by atoms with van der Waals surface area (Å²) in [4.78, 5) is 4.75. The molecule has 0 saturated carbocycles. The Kier molecular flexibility index (Phi) is 3.31. The highest BCUT2D eigenvalue weighted by Gasteiger charge is 2.24. The highest BCUT2D eigenvalue weighted by molar-refractivity contribution is 8.00. The van der Waals surface area contributed by atoms with Crippen LogP contribution >= 0.6 is 11.8 Å². The summed E-state index contributed by atoms with van der Waals surface area (Å²) in [6.07, 6.45) is 2.00. The molecule has 1 atom stereocenters. The zero-order chi connectivity index (χ0) is 14.9. The molecule has 1 aromatic heterocycles. The lowest BCUT2D eigenvalue weighted by Crippen LogP contribution is -2.13. The second-order valence-electron chi connectivity index (χ2n) is 5.27. The first-order valence-corrected chi connectivity index (χ1v) is 8.11. The molecule has 0 unspecified atom stereocenters. The lowest BCUT2D eigenvalue weighted by atomic mass is 10.1. The summed E-state index contributed by atoms with van der Waals surface area (Å²) < 4.78 is 1.89. The van der Waals surface area contributed by atoms with E-state index in [1.54, 1.807) is 11.8 Å². The lowest BCUT2D eigenvalue weighted by Gasteiger charge is -2.20. The fraction of sp³-hybridized carbons (Fsp3) is 0.111. The minimum absolute atomic E-state index is 0.236. The minimum atomic E-state index is 0.236. The molecule has 0 aliphatic carbocycles. The molecule has 0 amide bonds. The van der Waals surface area contributed by atoms with Crippen molar-refractivity contribution in [2.24, 2.45) is 5.10 Å². The number of thioether (sulfide) groups is 1. The standard InChI is InChI=1S/C18H15N3S/c1-13-17(15-10-6-3-7-11-15)22-18-19-16(12-21(18)20-13)14-8-4-2-5-9-14/h2-12,17H,1H3/t17-/m1/s1. The van der Waals surface area contributed by atoms with Crippen LogP contribution in [0.2, 0.25) is 0 Å². The van der Waals surface area contributed by atoms with Gasteiger partial charge < -0.3 is 0 Å². The highest BCUT2D eigenvalue weighted by Crippen LogP contribution is 2.39. The van der Waals surface area contributed by atoms with E-state index in [1.807, 2.05) is 35.1 Å². The van der Waals surface area contributed by atoms with E-state index in [4.69, 9.17) is 10.1 Å². The van der Waals surface area contributed by atoms with Gasteiger partial charge in [-0.3, -0.25) is 0 Å². The van der Waals surface area contributed by atoms with E-state index in [0.717, 1.165) is 22.1 Å². The van der Waals surface area contributed by atoms with Crippen molar-refractivity contribution in [1.82, 2.24) is 9.66 Å². The minimum Gasteiger partial charge on any atom is -0.221 e. The van der Waals surface area contributed by atoms with Crippen LogP contribution in [-0.2, 0) is 0 Å². The van der Waals surface area contributed by atoms with Crippen LogP contribution in [0.1, 0.15) is 17.7 Å². The van der Waals surface area contributed by atoms with Gasteiger partial charge in [0.25, 0.3) is 0 Å². The maximum atomic E-state index is 4.75. The third kappa shape index (κ3) is 2.35. The highest BCUT2D eigenvalue weighted by atomic mass is 32.2. The number of nitrogens with zero attached hydrogens (tertiary/aromatic N) is 3. The van der Waals surface area contributed by atoms with Crippen LogP contribution in [0.3, 0.4) is 0 Å². The zero-order valence-electron chi connectivity index (χ0n) is 12.2. The Morgan fingerprint density at radius 1 is 0.955 bits per heavy atom. The van der Waals surface area contributed by atoms with E-state index in [0.29, 0.717) is 0 Å². The fourth-order valence-electron chi connectivity index (χ4n) is 2.60.